The van der Waals surface area contributed by atoms with E-state index >= 15 is 0 Å². The van der Waals surface area contributed by atoms with Crippen molar-refractivity contribution in [1.29, 1.82) is 0 Å². The molecule has 0 aliphatic rings. The average Bonchev–Trinajstić information content (AvgIpc) is 3.14. The van der Waals surface area contributed by atoms with Gasteiger partial charge in [0.15, 0.2) is 5.76 Å². The zero-order valence-electron chi connectivity index (χ0n) is 15.7. The van der Waals surface area contributed by atoms with Crippen LogP contribution in [0.1, 0.15) is 21.7 Å². The molecule has 3 aromatic rings. The summed E-state index contributed by atoms with van der Waals surface area (Å²) in [5.41, 5.74) is 4.35. The predicted molar refractivity (Wildman–Crippen MR) is 106 cm³/mol. The Bertz CT molecular complexity index is 940. The minimum absolute atomic E-state index is 0.0679. The topological polar surface area (TPSA) is 62.6 Å². The molecule has 0 spiro atoms. The van der Waals surface area contributed by atoms with Crippen LogP contribution in [0, 0.1) is 13.8 Å². The Kier molecular flexibility index (Phi) is 5.41. The fourth-order valence-electron chi connectivity index (χ4n) is 2.97. The molecule has 1 aromatic heterocycles. The number of carbonyl (C=O) groups excluding carboxylic acids is 2. The number of hydrogen-bond donors (Lipinski definition) is 1. The summed E-state index contributed by atoms with van der Waals surface area (Å²) in [4.78, 5) is 26.5. The Morgan fingerprint density at radius 1 is 0.963 bits per heavy atom. The van der Waals surface area contributed by atoms with Gasteiger partial charge in [0.05, 0.1) is 12.8 Å². The normalized spacial score (nSPS) is 10.5. The van der Waals surface area contributed by atoms with E-state index in [0.717, 1.165) is 22.4 Å². The number of nitrogens with one attached hydrogen (secondary N) is 1. The van der Waals surface area contributed by atoms with E-state index < -0.39 is 0 Å². The third kappa shape index (κ3) is 4.08. The van der Waals surface area contributed by atoms with E-state index in [0.29, 0.717) is 5.56 Å². The first-order chi connectivity index (χ1) is 13.0. The van der Waals surface area contributed by atoms with Gasteiger partial charge in [0.25, 0.3) is 5.91 Å². The molecule has 0 radical (unpaired) electrons. The van der Waals surface area contributed by atoms with Crippen LogP contribution in [0.3, 0.4) is 0 Å². The summed E-state index contributed by atoms with van der Waals surface area (Å²) in [6.45, 7) is 3.81. The van der Waals surface area contributed by atoms with Crippen LogP contribution in [0.25, 0.3) is 11.1 Å². The predicted octanol–water partition coefficient (Wildman–Crippen LogP) is 4.27. The molecule has 0 aliphatic heterocycles. The van der Waals surface area contributed by atoms with E-state index in [9.17, 15) is 9.59 Å². The third-order valence-corrected chi connectivity index (χ3v) is 4.42. The molecule has 2 aromatic carbocycles. The number of nitrogens with zero attached hydrogens (tertiary/aromatic N) is 1. The van der Waals surface area contributed by atoms with Crippen molar-refractivity contribution in [2.75, 3.05) is 18.9 Å². The number of amides is 2. The van der Waals surface area contributed by atoms with E-state index in [4.69, 9.17) is 4.42 Å². The molecule has 3 rings (SSSR count). The van der Waals surface area contributed by atoms with Crippen molar-refractivity contribution < 1.29 is 14.0 Å². The van der Waals surface area contributed by atoms with Crippen molar-refractivity contribution in [2.45, 2.75) is 13.8 Å². The number of furan rings is 1. The van der Waals surface area contributed by atoms with E-state index in [-0.39, 0.29) is 24.1 Å². The highest BCUT2D eigenvalue weighted by Crippen LogP contribution is 2.25. The lowest BCUT2D eigenvalue weighted by Crippen LogP contribution is -2.35. The molecule has 5 nitrogen and oxygen atoms in total. The lowest BCUT2D eigenvalue weighted by atomic mass is 10.1. The van der Waals surface area contributed by atoms with Gasteiger partial charge in [-0.3, -0.25) is 9.59 Å². The molecule has 1 heterocycles. The van der Waals surface area contributed by atoms with Crippen molar-refractivity contribution in [3.05, 3.63) is 77.7 Å². The maximum Gasteiger partial charge on any atom is 0.290 e. The van der Waals surface area contributed by atoms with Gasteiger partial charge in [-0.1, -0.05) is 48.5 Å². The molecule has 27 heavy (non-hydrogen) atoms. The fraction of sp³-hybridized carbons (Fsp3) is 0.182. The first-order valence-corrected chi connectivity index (χ1v) is 8.72. The fourth-order valence-corrected chi connectivity index (χ4v) is 2.97. The Hall–Kier alpha value is -3.34. The second-order valence-corrected chi connectivity index (χ2v) is 6.51. The maximum absolute atomic E-state index is 12.8. The monoisotopic (exact) mass is 362 g/mol. The van der Waals surface area contributed by atoms with Gasteiger partial charge in [-0.15, -0.1) is 0 Å². The molecular weight excluding hydrogens is 340 g/mol. The molecule has 1 N–H and O–H groups in total. The van der Waals surface area contributed by atoms with Gasteiger partial charge in [-0.2, -0.15) is 0 Å². The lowest BCUT2D eigenvalue weighted by Gasteiger charge is -2.18. The number of aryl methyl sites for hydroxylation is 2. The summed E-state index contributed by atoms with van der Waals surface area (Å²) < 4.78 is 5.42. The Morgan fingerprint density at radius 3 is 2.30 bits per heavy atom. The molecule has 2 amide bonds. The minimum atomic E-state index is -0.337. The number of likely N-dealkylation sites (N-methyl/N-ethyl adjacent to an activating group) is 1. The molecule has 5 heteroatoms. The highest BCUT2D eigenvalue weighted by atomic mass is 16.3. The highest BCUT2D eigenvalue weighted by molar-refractivity contribution is 6.01. The molecule has 0 unspecified atom stereocenters. The molecular formula is C22H22N2O3. The largest absolute Gasteiger partial charge is 0.459 e. The van der Waals surface area contributed by atoms with Crippen molar-refractivity contribution in [2.24, 2.45) is 0 Å². The summed E-state index contributed by atoms with van der Waals surface area (Å²) >= 11 is 0. The number of anilines is 1. The van der Waals surface area contributed by atoms with E-state index in [1.165, 1.54) is 11.2 Å². The second-order valence-electron chi connectivity index (χ2n) is 6.51. The van der Waals surface area contributed by atoms with Crippen LogP contribution in [-0.4, -0.2) is 30.3 Å². The second kappa shape index (κ2) is 7.91. The van der Waals surface area contributed by atoms with E-state index in [1.54, 1.807) is 13.1 Å². The van der Waals surface area contributed by atoms with Crippen LogP contribution in [0.2, 0.25) is 0 Å². The van der Waals surface area contributed by atoms with Gasteiger partial charge >= 0.3 is 0 Å². The molecule has 0 fully saturated rings. The summed E-state index contributed by atoms with van der Waals surface area (Å²) in [6, 6.07) is 17.1. The number of benzene rings is 2. The number of rotatable bonds is 5. The number of para-hydroxylation sites is 1. The number of carbonyl (C=O) groups is 2. The van der Waals surface area contributed by atoms with Crippen LogP contribution in [0.5, 0.6) is 0 Å². The van der Waals surface area contributed by atoms with Crippen molar-refractivity contribution in [1.82, 2.24) is 4.90 Å². The third-order valence-electron chi connectivity index (χ3n) is 4.42. The smallest absolute Gasteiger partial charge is 0.290 e. The molecule has 0 saturated heterocycles. The summed E-state index contributed by atoms with van der Waals surface area (Å²) in [5, 5.41) is 2.89. The van der Waals surface area contributed by atoms with Gasteiger partial charge in [-0.05, 0) is 36.6 Å². The van der Waals surface area contributed by atoms with Crippen molar-refractivity contribution >= 4 is 17.5 Å². The van der Waals surface area contributed by atoms with Crippen LogP contribution >= 0.6 is 0 Å². The SMILES string of the molecule is Cc1cccc(C)c1NC(=O)CN(C)C(=O)c1occc1-c1ccccc1. The van der Waals surface area contributed by atoms with E-state index in [1.807, 2.05) is 62.4 Å². The minimum Gasteiger partial charge on any atom is -0.459 e. The molecule has 0 atom stereocenters. The van der Waals surface area contributed by atoms with E-state index in [2.05, 4.69) is 5.32 Å². The number of hydrogen-bond acceptors (Lipinski definition) is 3. The first kappa shape index (κ1) is 18.5. The van der Waals surface area contributed by atoms with Crippen molar-refractivity contribution in [3.8, 4) is 11.1 Å². The average molecular weight is 362 g/mol. The van der Waals surface area contributed by atoms with Crippen LogP contribution < -0.4 is 5.32 Å². The zero-order chi connectivity index (χ0) is 19.4. The standard InChI is InChI=1S/C22H22N2O3/c1-15-8-7-9-16(2)20(15)23-19(25)14-24(3)22(26)21-18(12-13-27-21)17-10-5-4-6-11-17/h4-13H,14H2,1-3H3,(H,23,25). The van der Waals surface area contributed by atoms with Crippen LogP contribution in [-0.2, 0) is 4.79 Å². The summed E-state index contributed by atoms with van der Waals surface area (Å²) in [5.74, 6) is -0.366. The Labute approximate surface area is 158 Å². The quantitative estimate of drug-likeness (QED) is 0.737. The molecule has 138 valence electrons. The van der Waals surface area contributed by atoms with Crippen molar-refractivity contribution in [3.63, 3.8) is 0 Å². The molecule has 0 aliphatic carbocycles. The van der Waals surface area contributed by atoms with Gasteiger partial charge in [0, 0.05) is 18.3 Å². The summed E-state index contributed by atoms with van der Waals surface area (Å²) in [6.07, 6.45) is 1.49. The van der Waals surface area contributed by atoms with Crippen LogP contribution in [0.4, 0.5) is 5.69 Å². The Balaban J connectivity index is 1.72. The van der Waals surface area contributed by atoms with Gasteiger partial charge in [-0.25, -0.2) is 0 Å². The highest BCUT2D eigenvalue weighted by Gasteiger charge is 2.22. The van der Waals surface area contributed by atoms with Crippen LogP contribution in [0.15, 0.2) is 65.3 Å². The Morgan fingerprint density at radius 2 is 1.63 bits per heavy atom. The zero-order valence-corrected chi connectivity index (χ0v) is 15.7. The lowest BCUT2D eigenvalue weighted by molar-refractivity contribution is -0.116. The molecule has 0 bridgehead atoms. The maximum atomic E-state index is 12.8. The first-order valence-electron chi connectivity index (χ1n) is 8.72. The molecule has 0 saturated carbocycles. The van der Waals surface area contributed by atoms with Gasteiger partial charge in [0.2, 0.25) is 5.91 Å². The summed E-state index contributed by atoms with van der Waals surface area (Å²) in [7, 11) is 1.59. The van der Waals surface area contributed by atoms with Gasteiger partial charge < -0.3 is 14.6 Å². The van der Waals surface area contributed by atoms with Gasteiger partial charge in [0.1, 0.15) is 0 Å².